The topological polar surface area (TPSA) is 119 Å². The van der Waals surface area contributed by atoms with Crippen LogP contribution in [-0.2, 0) is 23.9 Å². The highest BCUT2D eigenvalue weighted by molar-refractivity contribution is 7.00. The molecule has 1 N–H and O–H groups in total. The molecule has 0 spiro atoms. The van der Waals surface area contributed by atoms with Crippen LogP contribution >= 0.6 is 11.7 Å². The van der Waals surface area contributed by atoms with Gasteiger partial charge in [-0.3, -0.25) is 19.3 Å². The molecule has 1 aliphatic heterocycles. The lowest BCUT2D eigenvalue weighted by Gasteiger charge is -2.21. The molecule has 0 radical (unpaired) electrons. The Morgan fingerprint density at radius 2 is 1.90 bits per heavy atom. The summed E-state index contributed by atoms with van der Waals surface area (Å²) in [6.45, 7) is 0.926. The third-order valence-corrected chi connectivity index (χ3v) is 6.05. The number of amides is 3. The van der Waals surface area contributed by atoms with Gasteiger partial charge < -0.3 is 10.1 Å². The lowest BCUT2D eigenvalue weighted by molar-refractivity contribution is -0.159. The molecular weight excluding hydrogens is 396 g/mol. The standard InChI is InChI=1S/C19H20N4O5S/c1-10(23-17(25)11-5-2-3-6-12(11)18(23)26)19(27)28-9-15(24)20-13-7-4-8-14-16(13)22-29-21-14/h4,7-8,10-12H,2-3,5-6,9H2,1H3,(H,20,24)/t10-,11+,12+/m1/s1. The van der Waals surface area contributed by atoms with Crippen molar-refractivity contribution in [3.05, 3.63) is 18.2 Å². The molecular formula is C19H20N4O5S. The van der Waals surface area contributed by atoms with Crippen molar-refractivity contribution in [1.29, 1.82) is 0 Å². The van der Waals surface area contributed by atoms with Crippen LogP contribution in [0, 0.1) is 11.8 Å². The minimum Gasteiger partial charge on any atom is -0.454 e. The smallest absolute Gasteiger partial charge is 0.329 e. The summed E-state index contributed by atoms with van der Waals surface area (Å²) in [6.07, 6.45) is 3.17. The third kappa shape index (κ3) is 3.59. The van der Waals surface area contributed by atoms with Gasteiger partial charge >= 0.3 is 5.97 Å². The molecule has 1 saturated heterocycles. The molecule has 9 nitrogen and oxygen atoms in total. The maximum absolute atomic E-state index is 12.6. The number of likely N-dealkylation sites (tertiary alicyclic amines) is 1. The van der Waals surface area contributed by atoms with Crippen LogP contribution in [0.4, 0.5) is 5.69 Å². The Balaban J connectivity index is 1.35. The molecule has 1 aromatic heterocycles. The fraction of sp³-hybridized carbons (Fsp3) is 0.474. The van der Waals surface area contributed by atoms with E-state index < -0.39 is 24.5 Å². The van der Waals surface area contributed by atoms with Gasteiger partial charge in [-0.25, -0.2) is 4.79 Å². The minimum atomic E-state index is -1.06. The van der Waals surface area contributed by atoms with Gasteiger partial charge in [-0.2, -0.15) is 8.75 Å². The molecule has 29 heavy (non-hydrogen) atoms. The second kappa shape index (κ2) is 7.86. The van der Waals surface area contributed by atoms with E-state index in [-0.39, 0.29) is 23.7 Å². The quantitative estimate of drug-likeness (QED) is 0.582. The van der Waals surface area contributed by atoms with Gasteiger partial charge in [-0.05, 0) is 31.9 Å². The zero-order valence-electron chi connectivity index (χ0n) is 15.8. The van der Waals surface area contributed by atoms with Gasteiger partial charge in [-0.15, -0.1) is 0 Å². The number of carbonyl (C=O) groups excluding carboxylic acids is 4. The Morgan fingerprint density at radius 3 is 2.59 bits per heavy atom. The molecule has 2 aromatic rings. The van der Waals surface area contributed by atoms with Gasteiger partial charge in [0.2, 0.25) is 11.8 Å². The summed E-state index contributed by atoms with van der Waals surface area (Å²) in [5, 5.41) is 2.63. The summed E-state index contributed by atoms with van der Waals surface area (Å²) in [5.74, 6) is -2.61. The van der Waals surface area contributed by atoms with Crippen LogP contribution in [0.3, 0.4) is 0 Å². The largest absolute Gasteiger partial charge is 0.454 e. The molecule has 1 saturated carbocycles. The molecule has 2 fully saturated rings. The first-order chi connectivity index (χ1) is 14.0. The van der Waals surface area contributed by atoms with Crippen LogP contribution in [0.25, 0.3) is 11.0 Å². The number of nitrogens with one attached hydrogen (secondary N) is 1. The summed E-state index contributed by atoms with van der Waals surface area (Å²) in [4.78, 5) is 50.7. The average molecular weight is 416 g/mol. The molecule has 3 amide bonds. The maximum atomic E-state index is 12.6. The van der Waals surface area contributed by atoms with Gasteiger partial charge in [0, 0.05) is 0 Å². The van der Waals surface area contributed by atoms with Crippen molar-refractivity contribution in [2.24, 2.45) is 11.8 Å². The van der Waals surface area contributed by atoms with E-state index >= 15 is 0 Å². The summed E-state index contributed by atoms with van der Waals surface area (Å²) in [6, 6.07) is 4.13. The fourth-order valence-electron chi connectivity index (χ4n) is 4.03. The number of esters is 1. The number of carbonyl (C=O) groups is 4. The van der Waals surface area contributed by atoms with Crippen molar-refractivity contribution in [1.82, 2.24) is 13.6 Å². The number of ether oxygens (including phenoxy) is 1. The Labute approximate surface area is 170 Å². The lowest BCUT2D eigenvalue weighted by Crippen LogP contribution is -2.45. The van der Waals surface area contributed by atoms with E-state index in [2.05, 4.69) is 14.1 Å². The van der Waals surface area contributed by atoms with Crippen LogP contribution < -0.4 is 5.32 Å². The van der Waals surface area contributed by atoms with Crippen LogP contribution in [0.2, 0.25) is 0 Å². The number of fused-ring (bicyclic) bond motifs is 2. The third-order valence-electron chi connectivity index (χ3n) is 5.51. The van der Waals surface area contributed by atoms with Crippen LogP contribution in [0.5, 0.6) is 0 Å². The summed E-state index contributed by atoms with van der Waals surface area (Å²) in [7, 11) is 0. The molecule has 10 heteroatoms. The predicted molar refractivity (Wildman–Crippen MR) is 104 cm³/mol. The molecule has 1 aromatic carbocycles. The summed E-state index contributed by atoms with van der Waals surface area (Å²) >= 11 is 1.03. The normalized spacial score (nSPS) is 22.4. The molecule has 3 atom stereocenters. The predicted octanol–water partition coefficient (Wildman–Crippen LogP) is 1.74. The number of rotatable bonds is 5. The van der Waals surface area contributed by atoms with Crippen molar-refractivity contribution in [3.8, 4) is 0 Å². The average Bonchev–Trinajstić information content (AvgIpc) is 3.30. The Kier molecular flexibility index (Phi) is 5.27. The monoisotopic (exact) mass is 416 g/mol. The second-order valence-corrected chi connectivity index (χ2v) is 7.84. The summed E-state index contributed by atoms with van der Waals surface area (Å²) < 4.78 is 13.3. The number of aromatic nitrogens is 2. The van der Waals surface area contributed by atoms with Crippen molar-refractivity contribution < 1.29 is 23.9 Å². The Morgan fingerprint density at radius 1 is 1.21 bits per heavy atom. The van der Waals surface area contributed by atoms with Crippen molar-refractivity contribution in [2.45, 2.75) is 38.6 Å². The lowest BCUT2D eigenvalue weighted by atomic mass is 9.81. The van der Waals surface area contributed by atoms with E-state index in [0.29, 0.717) is 29.6 Å². The van der Waals surface area contributed by atoms with Gasteiger partial charge in [0.05, 0.1) is 29.3 Å². The molecule has 0 unspecified atom stereocenters. The van der Waals surface area contributed by atoms with Gasteiger partial charge in [0.25, 0.3) is 5.91 Å². The summed E-state index contributed by atoms with van der Waals surface area (Å²) in [5.41, 5.74) is 1.69. The Bertz CT molecular complexity index is 966. The van der Waals surface area contributed by atoms with E-state index in [0.717, 1.165) is 29.5 Å². The highest BCUT2D eigenvalue weighted by Crippen LogP contribution is 2.38. The molecule has 4 rings (SSSR count). The minimum absolute atomic E-state index is 0.309. The van der Waals surface area contributed by atoms with E-state index in [1.54, 1.807) is 18.2 Å². The van der Waals surface area contributed by atoms with E-state index in [1.807, 2.05) is 0 Å². The zero-order chi connectivity index (χ0) is 20.5. The number of imide groups is 1. The van der Waals surface area contributed by atoms with Gasteiger partial charge in [0.1, 0.15) is 17.1 Å². The number of hydrogen-bond acceptors (Lipinski definition) is 8. The molecule has 2 aliphatic rings. The Hall–Kier alpha value is -2.88. The van der Waals surface area contributed by atoms with Crippen LogP contribution in [0.1, 0.15) is 32.6 Å². The SMILES string of the molecule is C[C@H](C(=O)OCC(=O)Nc1cccc2nsnc12)N1C(=O)[C@H]2CCCC[C@@H]2C1=O. The molecule has 2 heterocycles. The van der Waals surface area contributed by atoms with E-state index in [1.165, 1.54) is 6.92 Å². The van der Waals surface area contributed by atoms with Gasteiger partial charge in [0.15, 0.2) is 6.61 Å². The number of benzene rings is 1. The first kappa shape index (κ1) is 19.4. The molecule has 0 bridgehead atoms. The van der Waals surface area contributed by atoms with E-state index in [9.17, 15) is 19.2 Å². The number of nitrogens with zero attached hydrogens (tertiary/aromatic N) is 3. The van der Waals surface area contributed by atoms with Crippen molar-refractivity contribution >= 4 is 52.1 Å². The van der Waals surface area contributed by atoms with Gasteiger partial charge in [-0.1, -0.05) is 18.9 Å². The van der Waals surface area contributed by atoms with Crippen molar-refractivity contribution in [2.75, 3.05) is 11.9 Å². The van der Waals surface area contributed by atoms with Crippen LogP contribution in [-0.4, -0.2) is 50.0 Å². The second-order valence-electron chi connectivity index (χ2n) is 7.31. The molecule has 1 aliphatic carbocycles. The first-order valence-electron chi connectivity index (χ1n) is 9.52. The van der Waals surface area contributed by atoms with E-state index in [4.69, 9.17) is 4.74 Å². The van der Waals surface area contributed by atoms with Crippen LogP contribution in [0.15, 0.2) is 18.2 Å². The number of anilines is 1. The highest BCUT2D eigenvalue weighted by atomic mass is 32.1. The maximum Gasteiger partial charge on any atom is 0.329 e. The highest BCUT2D eigenvalue weighted by Gasteiger charge is 2.51. The zero-order valence-corrected chi connectivity index (χ0v) is 16.6. The first-order valence-corrected chi connectivity index (χ1v) is 10.2. The fourth-order valence-corrected chi connectivity index (χ4v) is 4.58. The molecule has 152 valence electrons. The number of hydrogen-bond donors (Lipinski definition) is 1. The van der Waals surface area contributed by atoms with Crippen molar-refractivity contribution in [3.63, 3.8) is 0 Å².